The van der Waals surface area contributed by atoms with Gasteiger partial charge in [0.25, 0.3) is 5.91 Å². The second kappa shape index (κ2) is 5.53. The van der Waals surface area contributed by atoms with Crippen LogP contribution in [0.1, 0.15) is 10.5 Å². The van der Waals surface area contributed by atoms with Crippen LogP contribution in [0.15, 0.2) is 45.5 Å². The van der Waals surface area contributed by atoms with Gasteiger partial charge in [-0.05, 0) is 18.2 Å². The van der Waals surface area contributed by atoms with Gasteiger partial charge in [0.15, 0.2) is 22.4 Å². The number of rotatable bonds is 3. The molecule has 0 saturated heterocycles. The maximum Gasteiger partial charge on any atom is 0.279 e. The molecule has 0 aliphatic rings. The molecule has 0 aliphatic carbocycles. The van der Waals surface area contributed by atoms with Crippen LogP contribution in [0.3, 0.4) is 0 Å². The minimum Gasteiger partial charge on any atom is -0.461 e. The number of carbonyl (C=O) groups excluding carboxylic acids is 1. The highest BCUT2D eigenvalue weighted by Crippen LogP contribution is 2.29. The van der Waals surface area contributed by atoms with Crippen molar-refractivity contribution in [3.05, 3.63) is 53.9 Å². The zero-order chi connectivity index (χ0) is 16.7. The van der Waals surface area contributed by atoms with E-state index in [2.05, 4.69) is 15.5 Å². The van der Waals surface area contributed by atoms with Crippen molar-refractivity contribution in [2.45, 2.75) is 0 Å². The molecule has 0 fully saturated rings. The molecule has 0 bridgehead atoms. The van der Waals surface area contributed by atoms with Gasteiger partial charge in [0.05, 0.1) is 11.0 Å². The van der Waals surface area contributed by atoms with E-state index in [1.165, 1.54) is 12.3 Å². The second-order valence-electron chi connectivity index (χ2n) is 4.76. The molecule has 1 N–H and O–H groups in total. The number of fused-ring (bicyclic) bond motifs is 1. The van der Waals surface area contributed by atoms with Gasteiger partial charge in [0, 0.05) is 12.1 Å². The summed E-state index contributed by atoms with van der Waals surface area (Å²) in [7, 11) is 0. The number of hydrogen-bond acceptors (Lipinski definition) is 6. The molecule has 1 amide bonds. The van der Waals surface area contributed by atoms with Crippen LogP contribution in [-0.2, 0) is 0 Å². The third-order valence-electron chi connectivity index (χ3n) is 3.14. The fourth-order valence-corrected chi connectivity index (χ4v) is 2.99. The predicted octanol–water partition coefficient (Wildman–Crippen LogP) is 4.07. The maximum absolute atomic E-state index is 13.6. The quantitative estimate of drug-likeness (QED) is 0.604. The SMILES string of the molecule is O=C(Nc1nc2c(F)cc(F)cc2s1)c1cc(-c2ccco2)on1. The summed E-state index contributed by atoms with van der Waals surface area (Å²) in [5, 5.41) is 6.26. The molecule has 3 heterocycles. The summed E-state index contributed by atoms with van der Waals surface area (Å²) in [4.78, 5) is 16.1. The molecule has 0 saturated carbocycles. The molecule has 3 aromatic heterocycles. The zero-order valence-electron chi connectivity index (χ0n) is 11.7. The van der Waals surface area contributed by atoms with Crippen LogP contribution in [0.2, 0.25) is 0 Å². The summed E-state index contributed by atoms with van der Waals surface area (Å²) in [5.74, 6) is -1.36. The molecule has 0 atom stereocenters. The van der Waals surface area contributed by atoms with Gasteiger partial charge < -0.3 is 8.94 Å². The first-order valence-corrected chi connectivity index (χ1v) is 7.49. The summed E-state index contributed by atoms with van der Waals surface area (Å²) in [5.41, 5.74) is 0.000404. The molecule has 1 aromatic carbocycles. The average molecular weight is 347 g/mol. The highest BCUT2D eigenvalue weighted by molar-refractivity contribution is 7.22. The molecular weight excluding hydrogens is 340 g/mol. The molecule has 9 heteroatoms. The number of nitrogens with one attached hydrogen (secondary N) is 1. The first kappa shape index (κ1) is 14.5. The Balaban J connectivity index is 1.59. The van der Waals surface area contributed by atoms with Crippen molar-refractivity contribution in [2.75, 3.05) is 5.32 Å². The third kappa shape index (κ3) is 2.54. The van der Waals surface area contributed by atoms with E-state index in [0.29, 0.717) is 16.2 Å². The van der Waals surface area contributed by atoms with Crippen molar-refractivity contribution in [3.8, 4) is 11.5 Å². The Bertz CT molecular complexity index is 1040. The summed E-state index contributed by atoms with van der Waals surface area (Å²) in [6.45, 7) is 0. The molecule has 6 nitrogen and oxygen atoms in total. The number of amides is 1. The average Bonchev–Trinajstić information content (AvgIpc) is 3.26. The lowest BCUT2D eigenvalue weighted by molar-refractivity contribution is 0.101. The van der Waals surface area contributed by atoms with E-state index in [1.807, 2.05) is 0 Å². The molecular formula is C15H7F2N3O3S. The van der Waals surface area contributed by atoms with Gasteiger partial charge in [-0.25, -0.2) is 13.8 Å². The molecule has 4 aromatic rings. The van der Waals surface area contributed by atoms with Gasteiger partial charge in [-0.3, -0.25) is 10.1 Å². The molecule has 4 rings (SSSR count). The molecule has 0 spiro atoms. The summed E-state index contributed by atoms with van der Waals surface area (Å²) in [6.07, 6.45) is 1.46. The lowest BCUT2D eigenvalue weighted by Gasteiger charge is -1.95. The van der Waals surface area contributed by atoms with Crippen LogP contribution in [-0.4, -0.2) is 16.0 Å². The Morgan fingerprint density at radius 3 is 2.88 bits per heavy atom. The van der Waals surface area contributed by atoms with Gasteiger partial charge >= 0.3 is 0 Å². The number of hydrogen-bond donors (Lipinski definition) is 1. The van der Waals surface area contributed by atoms with Crippen molar-refractivity contribution >= 4 is 32.6 Å². The summed E-state index contributed by atoms with van der Waals surface area (Å²) in [6, 6.07) is 6.62. The van der Waals surface area contributed by atoms with Crippen LogP contribution in [0.4, 0.5) is 13.9 Å². The Kier molecular flexibility index (Phi) is 3.35. The predicted molar refractivity (Wildman–Crippen MR) is 81.7 cm³/mol. The summed E-state index contributed by atoms with van der Waals surface area (Å²) < 4.78 is 37.3. The van der Waals surface area contributed by atoms with Crippen LogP contribution >= 0.6 is 11.3 Å². The number of carbonyl (C=O) groups is 1. The van der Waals surface area contributed by atoms with Gasteiger partial charge in [0.1, 0.15) is 11.3 Å². The largest absolute Gasteiger partial charge is 0.461 e. The van der Waals surface area contributed by atoms with E-state index in [4.69, 9.17) is 8.94 Å². The number of aromatic nitrogens is 2. The highest BCUT2D eigenvalue weighted by Gasteiger charge is 2.18. The van der Waals surface area contributed by atoms with Gasteiger partial charge in [-0.2, -0.15) is 0 Å². The van der Waals surface area contributed by atoms with Crippen molar-refractivity contribution in [1.29, 1.82) is 0 Å². The minimum absolute atomic E-state index is 0.00636. The van der Waals surface area contributed by atoms with E-state index in [1.54, 1.807) is 12.1 Å². The molecule has 0 unspecified atom stereocenters. The fourth-order valence-electron chi connectivity index (χ4n) is 2.09. The number of furan rings is 1. The minimum atomic E-state index is -0.789. The Labute approximate surface area is 136 Å². The van der Waals surface area contributed by atoms with Crippen LogP contribution < -0.4 is 5.32 Å². The van der Waals surface area contributed by atoms with E-state index in [0.717, 1.165) is 23.5 Å². The Morgan fingerprint density at radius 1 is 1.21 bits per heavy atom. The molecule has 120 valence electrons. The normalized spacial score (nSPS) is 11.1. The first-order chi connectivity index (χ1) is 11.6. The molecule has 0 aliphatic heterocycles. The van der Waals surface area contributed by atoms with Crippen molar-refractivity contribution in [1.82, 2.24) is 10.1 Å². The number of thiazole rings is 1. The first-order valence-electron chi connectivity index (χ1n) is 6.68. The van der Waals surface area contributed by atoms with Crippen LogP contribution in [0, 0.1) is 11.6 Å². The second-order valence-corrected chi connectivity index (χ2v) is 5.79. The van der Waals surface area contributed by atoms with Crippen molar-refractivity contribution in [2.24, 2.45) is 0 Å². The standard InChI is InChI=1S/C15H7F2N3O3S/c16-7-4-8(17)13-12(5-7)24-15(18-13)19-14(21)9-6-11(23-20-9)10-2-1-3-22-10/h1-6H,(H,18,19,21). The molecule has 0 radical (unpaired) electrons. The van der Waals surface area contributed by atoms with Gasteiger partial charge in [-0.1, -0.05) is 16.5 Å². The Hall–Kier alpha value is -3.07. The molecule has 24 heavy (non-hydrogen) atoms. The highest BCUT2D eigenvalue weighted by atomic mass is 32.1. The fraction of sp³-hybridized carbons (Fsp3) is 0. The van der Waals surface area contributed by atoms with E-state index in [-0.39, 0.29) is 16.3 Å². The van der Waals surface area contributed by atoms with Gasteiger partial charge in [0.2, 0.25) is 5.76 Å². The Morgan fingerprint density at radius 2 is 2.08 bits per heavy atom. The number of halogens is 2. The number of nitrogens with zero attached hydrogens (tertiary/aromatic N) is 2. The smallest absolute Gasteiger partial charge is 0.279 e. The van der Waals surface area contributed by atoms with Gasteiger partial charge in [-0.15, -0.1) is 0 Å². The lowest BCUT2D eigenvalue weighted by Crippen LogP contribution is -2.11. The van der Waals surface area contributed by atoms with Crippen molar-refractivity contribution in [3.63, 3.8) is 0 Å². The van der Waals surface area contributed by atoms with E-state index >= 15 is 0 Å². The monoisotopic (exact) mass is 347 g/mol. The maximum atomic E-state index is 13.6. The van der Waals surface area contributed by atoms with Crippen molar-refractivity contribution < 1.29 is 22.5 Å². The lowest BCUT2D eigenvalue weighted by atomic mass is 10.3. The summed E-state index contributed by atoms with van der Waals surface area (Å²) >= 11 is 0.953. The third-order valence-corrected chi connectivity index (χ3v) is 4.06. The van der Waals surface area contributed by atoms with Crippen LogP contribution in [0.5, 0.6) is 0 Å². The topological polar surface area (TPSA) is 81.2 Å². The van der Waals surface area contributed by atoms with E-state index in [9.17, 15) is 13.6 Å². The number of anilines is 1. The van der Waals surface area contributed by atoms with Crippen LogP contribution in [0.25, 0.3) is 21.7 Å². The zero-order valence-corrected chi connectivity index (χ0v) is 12.6. The van der Waals surface area contributed by atoms with E-state index < -0.39 is 17.5 Å². The number of benzene rings is 1.